The van der Waals surface area contributed by atoms with E-state index in [0.29, 0.717) is 38.6 Å². The van der Waals surface area contributed by atoms with Crippen LogP contribution in [0.15, 0.2) is 30.5 Å². The van der Waals surface area contributed by atoms with Gasteiger partial charge in [0.1, 0.15) is 30.2 Å². The van der Waals surface area contributed by atoms with Crippen molar-refractivity contribution in [3.63, 3.8) is 0 Å². The minimum atomic E-state index is -1.34. The highest BCUT2D eigenvalue weighted by Crippen LogP contribution is 2.22. The topological polar surface area (TPSA) is 270 Å². The summed E-state index contributed by atoms with van der Waals surface area (Å²) in [5.74, 6) is -5.49. The molecule has 1 aromatic carbocycles. The summed E-state index contributed by atoms with van der Waals surface area (Å²) in [5, 5.41) is 27.7. The molecule has 6 atom stereocenters. The van der Waals surface area contributed by atoms with Crippen LogP contribution in [-0.4, -0.2) is 122 Å². The third-order valence-corrected chi connectivity index (χ3v) is 9.68. The maximum absolute atomic E-state index is 13.9. The van der Waals surface area contributed by atoms with Crippen LogP contribution in [0.3, 0.4) is 0 Å². The summed E-state index contributed by atoms with van der Waals surface area (Å²) >= 11 is 0. The van der Waals surface area contributed by atoms with E-state index in [9.17, 15) is 43.8 Å². The van der Waals surface area contributed by atoms with Gasteiger partial charge in [0.2, 0.25) is 29.5 Å². The molecule has 0 aliphatic carbocycles. The fraction of sp³-hybridized carbons (Fsp3) is 0.571. The Morgan fingerprint density at radius 2 is 1.52 bits per heavy atom. The molecule has 17 heteroatoms. The lowest BCUT2D eigenvalue weighted by molar-refractivity contribution is -0.149. The van der Waals surface area contributed by atoms with Gasteiger partial charge in [-0.15, -0.1) is 0 Å². The quantitative estimate of drug-likeness (QED) is 0.0914. The minimum Gasteiger partial charge on any atom is -0.481 e. The molecule has 10 N–H and O–H groups in total. The molecular weight excluding hydrogens is 676 g/mol. The minimum absolute atomic E-state index is 0.144. The average Bonchev–Trinajstić information content (AvgIpc) is 3.89. The van der Waals surface area contributed by atoms with Crippen LogP contribution >= 0.6 is 0 Å². The predicted octanol–water partition coefficient (Wildman–Crippen LogP) is -0.428. The third kappa shape index (κ3) is 10.1. The number of carboxylic acid groups (broad SMARTS) is 2. The lowest BCUT2D eigenvalue weighted by Gasteiger charge is -2.31. The highest BCUT2D eigenvalue weighted by atomic mass is 16.4. The van der Waals surface area contributed by atoms with Gasteiger partial charge in [-0.1, -0.05) is 18.2 Å². The number of hydrogen-bond acceptors (Lipinski definition) is 9. The van der Waals surface area contributed by atoms with Crippen LogP contribution in [0.2, 0.25) is 0 Å². The molecule has 5 amide bonds. The summed E-state index contributed by atoms with van der Waals surface area (Å²) in [6, 6.07) is 1.04. The van der Waals surface area contributed by atoms with Crippen LogP contribution in [0.4, 0.5) is 0 Å². The van der Waals surface area contributed by atoms with Crippen molar-refractivity contribution in [2.75, 3.05) is 19.6 Å². The van der Waals surface area contributed by atoms with Crippen molar-refractivity contribution >= 4 is 52.4 Å². The molecule has 1 aromatic heterocycles. The van der Waals surface area contributed by atoms with Crippen LogP contribution in [0.5, 0.6) is 0 Å². The Morgan fingerprint density at radius 3 is 2.19 bits per heavy atom. The molecular formula is C35H50N8O9. The first-order valence-corrected chi connectivity index (χ1v) is 17.8. The van der Waals surface area contributed by atoms with E-state index in [1.54, 1.807) is 6.20 Å². The van der Waals surface area contributed by atoms with Crippen molar-refractivity contribution in [1.29, 1.82) is 0 Å². The summed E-state index contributed by atoms with van der Waals surface area (Å²) in [5.41, 5.74) is 13.6. The molecule has 0 unspecified atom stereocenters. The van der Waals surface area contributed by atoms with Crippen molar-refractivity contribution < 1.29 is 43.8 Å². The lowest BCUT2D eigenvalue weighted by Crippen LogP contribution is -2.58. The molecule has 2 aromatic rings. The van der Waals surface area contributed by atoms with Crippen molar-refractivity contribution in [3.8, 4) is 0 Å². The van der Waals surface area contributed by atoms with Gasteiger partial charge in [-0.3, -0.25) is 28.8 Å². The number of likely N-dealkylation sites (tertiary alicyclic amines) is 2. The van der Waals surface area contributed by atoms with Gasteiger partial charge in [-0.2, -0.15) is 0 Å². The van der Waals surface area contributed by atoms with Crippen LogP contribution in [0, 0.1) is 0 Å². The number of nitrogens with zero attached hydrogens (tertiary/aromatic N) is 2. The van der Waals surface area contributed by atoms with Crippen LogP contribution in [0.1, 0.15) is 70.3 Å². The van der Waals surface area contributed by atoms with Gasteiger partial charge >= 0.3 is 11.9 Å². The van der Waals surface area contributed by atoms with Gasteiger partial charge in [-0.05, 0) is 82.9 Å². The number of benzene rings is 1. The van der Waals surface area contributed by atoms with Crippen molar-refractivity contribution in [2.45, 2.75) is 107 Å². The Morgan fingerprint density at radius 1 is 0.865 bits per heavy atom. The maximum Gasteiger partial charge on any atom is 0.326 e. The second-order valence-electron chi connectivity index (χ2n) is 13.5. The number of H-pyrrole nitrogens is 1. The van der Waals surface area contributed by atoms with E-state index in [2.05, 4.69) is 20.9 Å². The third-order valence-electron chi connectivity index (χ3n) is 9.68. The number of carbonyl (C=O) groups excluding carboxylic acids is 5. The number of amides is 5. The molecule has 52 heavy (non-hydrogen) atoms. The summed E-state index contributed by atoms with van der Waals surface area (Å²) in [6.07, 6.45) is 3.94. The number of carboxylic acids is 2. The largest absolute Gasteiger partial charge is 0.481 e. The summed E-state index contributed by atoms with van der Waals surface area (Å²) in [6.45, 7) is 2.19. The Kier molecular flexibility index (Phi) is 14.1. The van der Waals surface area contributed by atoms with Gasteiger partial charge in [0.25, 0.3) is 0 Å². The molecule has 0 radical (unpaired) electrons. The Bertz CT molecular complexity index is 1630. The second-order valence-corrected chi connectivity index (χ2v) is 13.5. The molecule has 284 valence electrons. The first kappa shape index (κ1) is 39.8. The van der Waals surface area contributed by atoms with Gasteiger partial charge in [0.15, 0.2) is 0 Å². The fourth-order valence-electron chi connectivity index (χ4n) is 6.88. The monoisotopic (exact) mass is 726 g/mol. The normalized spacial score (nSPS) is 19.4. The zero-order valence-electron chi connectivity index (χ0n) is 29.3. The lowest BCUT2D eigenvalue weighted by atomic mass is 10.0. The van der Waals surface area contributed by atoms with E-state index in [-0.39, 0.29) is 38.8 Å². The molecule has 4 rings (SSSR count). The SMILES string of the molecule is C[C@H](NC(=O)[C@@H]1CCCN1C(=O)[C@H](CCC(=O)O)NC(=O)[C@H](CCCCN)NC(=O)[C@@H](N)Cc1c[nH]c2ccccc12)C(=O)N1CCC[C@H]1C(=O)O. The maximum atomic E-state index is 13.9. The number of nitrogens with one attached hydrogen (secondary N) is 4. The first-order valence-electron chi connectivity index (χ1n) is 17.8. The molecule has 3 heterocycles. The Balaban J connectivity index is 1.44. The van der Waals surface area contributed by atoms with Crippen molar-refractivity contribution in [1.82, 2.24) is 30.7 Å². The fourth-order valence-corrected chi connectivity index (χ4v) is 6.88. The molecule has 2 saturated heterocycles. The molecule has 2 aliphatic heterocycles. The van der Waals surface area contributed by atoms with Gasteiger partial charge in [0, 0.05) is 36.6 Å². The number of rotatable bonds is 18. The number of carbonyl (C=O) groups is 7. The van der Waals surface area contributed by atoms with E-state index in [1.165, 1.54) is 16.7 Å². The van der Waals surface area contributed by atoms with Crippen molar-refractivity contribution in [2.24, 2.45) is 11.5 Å². The molecule has 2 fully saturated rings. The average molecular weight is 727 g/mol. The molecule has 17 nitrogen and oxygen atoms in total. The van der Waals surface area contributed by atoms with Crippen LogP contribution < -0.4 is 27.4 Å². The van der Waals surface area contributed by atoms with Gasteiger partial charge < -0.3 is 52.4 Å². The number of aromatic nitrogens is 1. The molecule has 0 bridgehead atoms. The molecule has 0 saturated carbocycles. The van der Waals surface area contributed by atoms with Crippen LogP contribution in [0.25, 0.3) is 10.9 Å². The number of para-hydroxylation sites is 1. The van der Waals surface area contributed by atoms with E-state index in [4.69, 9.17) is 11.5 Å². The van der Waals surface area contributed by atoms with Crippen molar-refractivity contribution in [3.05, 3.63) is 36.0 Å². The Hall–Kier alpha value is -5.03. The smallest absolute Gasteiger partial charge is 0.326 e. The van der Waals surface area contributed by atoms with E-state index >= 15 is 0 Å². The zero-order valence-corrected chi connectivity index (χ0v) is 29.3. The van der Waals surface area contributed by atoms with E-state index in [0.717, 1.165) is 16.5 Å². The highest BCUT2D eigenvalue weighted by molar-refractivity contribution is 5.97. The first-order chi connectivity index (χ1) is 24.8. The van der Waals surface area contributed by atoms with Crippen LogP contribution in [-0.2, 0) is 40.0 Å². The summed E-state index contributed by atoms with van der Waals surface area (Å²) < 4.78 is 0. The second kappa shape index (κ2) is 18.5. The summed E-state index contributed by atoms with van der Waals surface area (Å²) in [7, 11) is 0. The number of unbranched alkanes of at least 4 members (excludes halogenated alkanes) is 1. The number of aromatic amines is 1. The number of nitrogens with two attached hydrogens (primary N) is 2. The molecule has 0 spiro atoms. The molecule has 2 aliphatic rings. The van der Waals surface area contributed by atoms with E-state index in [1.807, 2.05) is 24.3 Å². The summed E-state index contributed by atoms with van der Waals surface area (Å²) in [4.78, 5) is 96.1. The standard InChI is InChI=1S/C35H50N8O9/c1-20(33(49)43-17-7-12-28(43)35(51)52)39-32(48)27-11-6-16-42(27)34(50)26(13-14-29(44)45)41-31(47)25(10-4-5-15-36)40-30(46)23(37)18-21-19-38-24-9-3-2-8-22(21)24/h2-3,8-9,19-20,23,25-28,38H,4-7,10-18,36-37H2,1H3,(H,39,48)(H,40,46)(H,41,47)(H,44,45)(H,51,52)/t20-,23-,25-,26-,27-,28-/m0/s1. The zero-order chi connectivity index (χ0) is 37.9. The number of aliphatic carboxylic acids is 2. The Labute approximate surface area is 301 Å². The highest BCUT2D eigenvalue weighted by Gasteiger charge is 2.41. The van der Waals surface area contributed by atoms with E-state index < -0.39 is 84.1 Å². The number of hydrogen-bond donors (Lipinski definition) is 8. The predicted molar refractivity (Wildman–Crippen MR) is 188 cm³/mol. The number of fused-ring (bicyclic) bond motifs is 1. The van der Waals surface area contributed by atoms with Gasteiger partial charge in [-0.25, -0.2) is 4.79 Å². The van der Waals surface area contributed by atoms with Gasteiger partial charge in [0.05, 0.1) is 6.04 Å².